The summed E-state index contributed by atoms with van der Waals surface area (Å²) in [6.07, 6.45) is 19.9. The average molecular weight is 472 g/mol. The van der Waals surface area contributed by atoms with Crippen LogP contribution in [0.5, 0.6) is 0 Å². The number of thiophene rings is 1. The van der Waals surface area contributed by atoms with Crippen LogP contribution in [0.2, 0.25) is 0 Å². The Morgan fingerprint density at radius 3 is 2.00 bits per heavy atom. The molecular weight excluding hydrogens is 426 g/mol. The van der Waals surface area contributed by atoms with Crippen LogP contribution in [0.1, 0.15) is 127 Å². The van der Waals surface area contributed by atoms with Gasteiger partial charge in [-0.15, -0.1) is 11.3 Å². The minimum absolute atomic E-state index is 0.122. The Hall–Kier alpha value is -1.91. The topological polar surface area (TPSA) is 40.5 Å². The summed E-state index contributed by atoms with van der Waals surface area (Å²) in [4.78, 5) is 14.5. The number of nitrogens with zero attached hydrogens (tertiary/aromatic N) is 1. The Labute approximate surface area is 207 Å². The summed E-state index contributed by atoms with van der Waals surface area (Å²) in [7, 11) is 0. The first kappa shape index (κ1) is 29.1. The predicted octanol–water partition coefficient (Wildman–Crippen LogP) is 8.58. The van der Waals surface area contributed by atoms with Gasteiger partial charge in [-0.3, -0.25) is 4.90 Å². The van der Waals surface area contributed by atoms with Crippen molar-refractivity contribution in [1.82, 2.24) is 0 Å². The van der Waals surface area contributed by atoms with Crippen molar-refractivity contribution in [3.63, 3.8) is 0 Å². The summed E-state index contributed by atoms with van der Waals surface area (Å²) in [5.74, 6) is 6.34. The molecule has 0 aromatic carbocycles. The summed E-state index contributed by atoms with van der Waals surface area (Å²) < 4.78 is 0. The summed E-state index contributed by atoms with van der Waals surface area (Å²) in [5.41, 5.74) is 0.498. The smallest absolute Gasteiger partial charge is 0.348 e. The van der Waals surface area contributed by atoms with Crippen LogP contribution < -0.4 is 4.90 Å². The number of anilines is 1. The lowest BCUT2D eigenvalue weighted by atomic mass is 9.91. The Balaban J connectivity index is 0.000000451. The number of hydrogen-bond acceptors (Lipinski definition) is 3. The molecule has 0 radical (unpaired) electrons. The zero-order valence-electron chi connectivity index (χ0n) is 21.8. The SMILES string of the molecule is C#CN(c1cc(C#CC(C)(C)C)sc1C(=O)O)C1CCCCC1.CC1CCCCC1.CCC. The van der Waals surface area contributed by atoms with Crippen LogP contribution in [0.4, 0.5) is 5.69 Å². The summed E-state index contributed by atoms with van der Waals surface area (Å²) in [5, 5.41) is 9.52. The average Bonchev–Trinajstić information content (AvgIpc) is 3.19. The van der Waals surface area contributed by atoms with E-state index in [-0.39, 0.29) is 16.3 Å². The van der Waals surface area contributed by atoms with Gasteiger partial charge in [0, 0.05) is 17.5 Å². The Bertz CT molecular complexity index is 803. The standard InChI is InChI=1S/C19H23NO2S.C7H14.C3H8/c1-5-20(14-9-7-6-8-10-14)16-13-15(11-12-19(2,3)4)23-17(16)18(21)22;1-7-5-3-2-4-6-7;1-3-2/h1,13-14H,6-10H2,2-4H3,(H,21,22);7H,2-6H2,1H3;3H2,1-2H3. The number of terminal acetylenes is 1. The van der Waals surface area contributed by atoms with E-state index in [1.54, 1.807) is 4.90 Å². The van der Waals surface area contributed by atoms with Gasteiger partial charge >= 0.3 is 5.97 Å². The van der Waals surface area contributed by atoms with Gasteiger partial charge in [0.1, 0.15) is 4.88 Å². The molecule has 0 spiro atoms. The molecule has 2 saturated carbocycles. The van der Waals surface area contributed by atoms with Crippen LogP contribution in [0.15, 0.2) is 6.07 Å². The normalized spacial score (nSPS) is 16.6. The minimum atomic E-state index is -0.940. The fourth-order valence-corrected chi connectivity index (χ4v) is 4.88. The first-order chi connectivity index (χ1) is 15.6. The zero-order chi connectivity index (χ0) is 24.9. The molecule has 0 unspecified atom stereocenters. The molecule has 4 heteroatoms. The van der Waals surface area contributed by atoms with E-state index < -0.39 is 5.97 Å². The minimum Gasteiger partial charge on any atom is -0.477 e. The maximum Gasteiger partial charge on any atom is 0.348 e. The van der Waals surface area contributed by atoms with Crippen LogP contribution in [-0.2, 0) is 0 Å². The van der Waals surface area contributed by atoms with Crippen molar-refractivity contribution in [1.29, 1.82) is 0 Å². The molecule has 33 heavy (non-hydrogen) atoms. The Morgan fingerprint density at radius 1 is 1.09 bits per heavy atom. The molecule has 0 bridgehead atoms. The van der Waals surface area contributed by atoms with E-state index in [0.29, 0.717) is 5.69 Å². The summed E-state index contributed by atoms with van der Waals surface area (Å²) in [6, 6.07) is 4.76. The summed E-state index contributed by atoms with van der Waals surface area (Å²) in [6.45, 7) is 12.7. The molecule has 2 aliphatic carbocycles. The molecule has 1 aromatic rings. The van der Waals surface area contributed by atoms with E-state index in [1.165, 1.54) is 56.3 Å². The molecule has 3 nitrogen and oxygen atoms in total. The molecule has 1 aromatic heterocycles. The molecule has 1 N–H and O–H groups in total. The highest BCUT2D eigenvalue weighted by molar-refractivity contribution is 7.15. The van der Waals surface area contributed by atoms with E-state index in [9.17, 15) is 9.90 Å². The largest absolute Gasteiger partial charge is 0.477 e. The summed E-state index contributed by atoms with van der Waals surface area (Å²) >= 11 is 1.21. The van der Waals surface area contributed by atoms with E-state index in [4.69, 9.17) is 6.42 Å². The first-order valence-corrected chi connectivity index (χ1v) is 13.6. The van der Waals surface area contributed by atoms with E-state index in [0.717, 1.165) is 36.5 Å². The van der Waals surface area contributed by atoms with Gasteiger partial charge in [-0.2, -0.15) is 0 Å². The highest BCUT2D eigenvalue weighted by Gasteiger charge is 2.26. The van der Waals surface area contributed by atoms with Gasteiger partial charge in [-0.25, -0.2) is 4.79 Å². The molecular formula is C29H45NO2S. The van der Waals surface area contributed by atoms with E-state index >= 15 is 0 Å². The van der Waals surface area contributed by atoms with Gasteiger partial charge in [0.15, 0.2) is 0 Å². The van der Waals surface area contributed by atoms with Gasteiger partial charge < -0.3 is 5.11 Å². The van der Waals surface area contributed by atoms with Gasteiger partial charge in [-0.05, 0) is 45.6 Å². The fraction of sp³-hybridized carbons (Fsp3) is 0.690. The third-order valence-corrected chi connectivity index (χ3v) is 6.73. The highest BCUT2D eigenvalue weighted by atomic mass is 32.1. The molecule has 1 heterocycles. The van der Waals surface area contributed by atoms with Crippen LogP contribution in [0.25, 0.3) is 0 Å². The van der Waals surface area contributed by atoms with Crippen molar-refractivity contribution in [3.8, 4) is 24.3 Å². The number of carboxylic acid groups (broad SMARTS) is 1. The van der Waals surface area contributed by atoms with Crippen LogP contribution in [0.3, 0.4) is 0 Å². The second-order valence-electron chi connectivity index (χ2n) is 10.4. The molecule has 3 rings (SSSR count). The molecule has 0 saturated heterocycles. The molecule has 0 amide bonds. The number of carboxylic acids is 1. The third kappa shape index (κ3) is 11.2. The lowest BCUT2D eigenvalue weighted by Gasteiger charge is -2.31. The van der Waals surface area contributed by atoms with Crippen LogP contribution >= 0.6 is 11.3 Å². The van der Waals surface area contributed by atoms with Gasteiger partial charge in [0.2, 0.25) is 0 Å². The second kappa shape index (κ2) is 15.1. The Morgan fingerprint density at radius 2 is 1.61 bits per heavy atom. The maximum atomic E-state index is 11.6. The predicted molar refractivity (Wildman–Crippen MR) is 144 cm³/mol. The first-order valence-electron chi connectivity index (χ1n) is 12.8. The van der Waals surface area contributed by atoms with Gasteiger partial charge in [0.05, 0.1) is 10.6 Å². The molecule has 2 aliphatic rings. The Kier molecular flexibility index (Phi) is 13.3. The van der Waals surface area contributed by atoms with Crippen molar-refractivity contribution in [2.24, 2.45) is 11.3 Å². The molecule has 184 valence electrons. The van der Waals surface area contributed by atoms with E-state index in [2.05, 4.69) is 38.7 Å². The number of carbonyl (C=O) groups is 1. The fourth-order valence-electron chi connectivity index (χ4n) is 4.04. The number of aromatic carboxylic acids is 1. The third-order valence-electron chi connectivity index (χ3n) is 5.70. The lowest BCUT2D eigenvalue weighted by molar-refractivity contribution is 0.0702. The van der Waals surface area contributed by atoms with E-state index in [1.807, 2.05) is 26.8 Å². The zero-order valence-corrected chi connectivity index (χ0v) is 22.6. The molecule has 2 fully saturated rings. The number of hydrogen-bond donors (Lipinski definition) is 1. The maximum absolute atomic E-state index is 11.6. The van der Waals surface area contributed by atoms with Crippen LogP contribution in [-0.4, -0.2) is 17.1 Å². The van der Waals surface area contributed by atoms with Crippen molar-refractivity contribution in [2.45, 2.75) is 118 Å². The molecule has 0 atom stereocenters. The monoisotopic (exact) mass is 471 g/mol. The highest BCUT2D eigenvalue weighted by Crippen LogP contribution is 2.34. The van der Waals surface area contributed by atoms with Crippen molar-refractivity contribution < 1.29 is 9.90 Å². The van der Waals surface area contributed by atoms with Gasteiger partial charge in [-0.1, -0.05) is 96.8 Å². The molecule has 0 aliphatic heterocycles. The lowest BCUT2D eigenvalue weighted by Crippen LogP contribution is -2.33. The van der Waals surface area contributed by atoms with Crippen molar-refractivity contribution in [3.05, 3.63) is 15.8 Å². The quantitative estimate of drug-likeness (QED) is 0.354. The second-order valence-corrected chi connectivity index (χ2v) is 11.4. The van der Waals surface area contributed by atoms with Crippen molar-refractivity contribution in [2.75, 3.05) is 4.90 Å². The van der Waals surface area contributed by atoms with Crippen molar-refractivity contribution >= 4 is 23.0 Å². The number of rotatable bonds is 3. The van der Waals surface area contributed by atoms with Crippen LogP contribution in [0, 0.1) is 35.6 Å². The van der Waals surface area contributed by atoms with Gasteiger partial charge in [0.25, 0.3) is 0 Å².